The molecule has 0 radical (unpaired) electrons. The second-order valence-corrected chi connectivity index (χ2v) is 5.74. The first-order valence-corrected chi connectivity index (χ1v) is 7.25. The molecule has 0 spiro atoms. The molecule has 1 amide bonds. The van der Waals surface area contributed by atoms with Crippen LogP contribution in [0.1, 0.15) is 39.9 Å². The second-order valence-electron chi connectivity index (χ2n) is 4.86. The molecule has 0 saturated heterocycles. The van der Waals surface area contributed by atoms with Crippen molar-refractivity contribution >= 4 is 17.2 Å². The summed E-state index contributed by atoms with van der Waals surface area (Å²) in [5.74, 6) is 0.467. The zero-order valence-corrected chi connectivity index (χ0v) is 11.5. The Kier molecular flexibility index (Phi) is 3.29. The van der Waals surface area contributed by atoms with Gasteiger partial charge < -0.3 is 5.32 Å². The van der Waals surface area contributed by atoms with Gasteiger partial charge in [0.05, 0.1) is 23.4 Å². The van der Waals surface area contributed by atoms with Crippen LogP contribution in [0.3, 0.4) is 0 Å². The average Bonchev–Trinajstić information content (AvgIpc) is 3.09. The topological polar surface area (TPSA) is 54.9 Å². The van der Waals surface area contributed by atoms with Gasteiger partial charge in [-0.2, -0.15) is 0 Å². The van der Waals surface area contributed by atoms with E-state index in [1.807, 2.05) is 25.1 Å². The molecule has 1 fully saturated rings. The van der Waals surface area contributed by atoms with Gasteiger partial charge in [-0.1, -0.05) is 6.07 Å². The molecular formula is C14H15N3OS. The fraction of sp³-hybridized carbons (Fsp3) is 0.357. The van der Waals surface area contributed by atoms with Gasteiger partial charge in [0.2, 0.25) is 0 Å². The summed E-state index contributed by atoms with van der Waals surface area (Å²) < 4.78 is 0. The molecule has 1 N–H and O–H groups in total. The minimum absolute atomic E-state index is 0.0227. The molecule has 19 heavy (non-hydrogen) atoms. The first-order chi connectivity index (χ1) is 9.24. The minimum atomic E-state index is -0.0530. The van der Waals surface area contributed by atoms with E-state index in [1.54, 1.807) is 11.7 Å². The number of aromatic nitrogens is 2. The molecule has 2 heterocycles. The third-order valence-electron chi connectivity index (χ3n) is 3.26. The number of amides is 1. The fourth-order valence-electron chi connectivity index (χ4n) is 2.14. The van der Waals surface area contributed by atoms with E-state index in [-0.39, 0.29) is 11.9 Å². The number of nitrogens with zero attached hydrogens (tertiary/aromatic N) is 2. The maximum Gasteiger partial charge on any atom is 0.263 e. The lowest BCUT2D eigenvalue weighted by atomic mass is 10.1. The monoisotopic (exact) mass is 273 g/mol. The highest BCUT2D eigenvalue weighted by Gasteiger charge is 2.34. The summed E-state index contributed by atoms with van der Waals surface area (Å²) in [7, 11) is 0. The van der Waals surface area contributed by atoms with Gasteiger partial charge in [0.1, 0.15) is 4.88 Å². The van der Waals surface area contributed by atoms with Crippen LogP contribution in [0.4, 0.5) is 0 Å². The first kappa shape index (κ1) is 12.3. The number of carbonyl (C=O) groups excluding carboxylic acids is 1. The summed E-state index contributed by atoms with van der Waals surface area (Å²) >= 11 is 1.36. The lowest BCUT2D eigenvalue weighted by molar-refractivity contribution is 0.0934. The molecule has 0 bridgehead atoms. The van der Waals surface area contributed by atoms with E-state index in [1.165, 1.54) is 11.3 Å². The highest BCUT2D eigenvalue weighted by molar-refractivity contribution is 7.11. The largest absolute Gasteiger partial charge is 0.343 e. The van der Waals surface area contributed by atoms with Gasteiger partial charge in [0.15, 0.2) is 0 Å². The van der Waals surface area contributed by atoms with Crippen LogP contribution in [0.15, 0.2) is 29.9 Å². The Morgan fingerprint density at radius 3 is 2.95 bits per heavy atom. The SMILES string of the molecule is Cc1cccc([C@@H](NC(=O)c2cncs2)C2CC2)n1. The normalized spacial score (nSPS) is 16.1. The van der Waals surface area contributed by atoms with Gasteiger partial charge in [-0.25, -0.2) is 0 Å². The molecule has 0 aromatic carbocycles. The number of nitrogens with one attached hydrogen (secondary N) is 1. The van der Waals surface area contributed by atoms with Gasteiger partial charge in [-0.15, -0.1) is 11.3 Å². The summed E-state index contributed by atoms with van der Waals surface area (Å²) in [5.41, 5.74) is 3.61. The molecule has 2 aromatic rings. The standard InChI is InChI=1S/C14H15N3OS/c1-9-3-2-4-11(16-9)13(10-5-6-10)17-14(18)12-7-15-8-19-12/h2-4,7-8,10,13H,5-6H2,1H3,(H,17,18)/t13-/m0/s1. The van der Waals surface area contributed by atoms with E-state index >= 15 is 0 Å². The van der Waals surface area contributed by atoms with Gasteiger partial charge >= 0.3 is 0 Å². The Bertz CT molecular complexity index is 578. The lowest BCUT2D eigenvalue weighted by Gasteiger charge is -2.17. The molecule has 98 valence electrons. The maximum atomic E-state index is 12.1. The quantitative estimate of drug-likeness (QED) is 0.932. The van der Waals surface area contributed by atoms with Crippen LogP contribution in [0, 0.1) is 12.8 Å². The summed E-state index contributed by atoms with van der Waals surface area (Å²) in [4.78, 5) is 21.3. The number of hydrogen-bond acceptors (Lipinski definition) is 4. The van der Waals surface area contributed by atoms with Gasteiger partial charge in [-0.05, 0) is 37.8 Å². The molecule has 1 atom stereocenters. The lowest BCUT2D eigenvalue weighted by Crippen LogP contribution is -2.30. The number of hydrogen-bond donors (Lipinski definition) is 1. The Balaban J connectivity index is 1.80. The average molecular weight is 273 g/mol. The molecule has 3 rings (SSSR count). The van der Waals surface area contributed by atoms with Crippen LogP contribution in [0.25, 0.3) is 0 Å². The van der Waals surface area contributed by atoms with Gasteiger partial charge in [-0.3, -0.25) is 14.8 Å². The van der Waals surface area contributed by atoms with Crippen LogP contribution in [-0.4, -0.2) is 15.9 Å². The Morgan fingerprint density at radius 1 is 1.47 bits per heavy atom. The molecular weight excluding hydrogens is 258 g/mol. The van der Waals surface area contributed by atoms with Crippen LogP contribution >= 0.6 is 11.3 Å². The van der Waals surface area contributed by atoms with Crippen molar-refractivity contribution in [3.8, 4) is 0 Å². The zero-order valence-electron chi connectivity index (χ0n) is 10.7. The number of rotatable bonds is 4. The van der Waals surface area contributed by atoms with E-state index in [4.69, 9.17) is 0 Å². The number of thiazole rings is 1. The Hall–Kier alpha value is -1.75. The summed E-state index contributed by atoms with van der Waals surface area (Å²) in [6, 6.07) is 5.97. The highest BCUT2D eigenvalue weighted by Crippen LogP contribution is 2.40. The van der Waals surface area contributed by atoms with Crippen molar-refractivity contribution in [2.24, 2.45) is 5.92 Å². The van der Waals surface area contributed by atoms with Gasteiger partial charge in [0.25, 0.3) is 5.91 Å². The fourth-order valence-corrected chi connectivity index (χ4v) is 2.66. The van der Waals surface area contributed by atoms with Crippen molar-refractivity contribution in [3.63, 3.8) is 0 Å². The van der Waals surface area contributed by atoms with Crippen molar-refractivity contribution in [2.75, 3.05) is 0 Å². The Morgan fingerprint density at radius 2 is 2.32 bits per heavy atom. The first-order valence-electron chi connectivity index (χ1n) is 6.37. The molecule has 1 aliphatic carbocycles. The number of pyridine rings is 1. The minimum Gasteiger partial charge on any atom is -0.343 e. The molecule has 2 aromatic heterocycles. The van der Waals surface area contributed by atoms with Crippen molar-refractivity contribution in [2.45, 2.75) is 25.8 Å². The molecule has 1 aliphatic rings. The predicted molar refractivity (Wildman–Crippen MR) is 74.0 cm³/mol. The van der Waals surface area contributed by atoms with Crippen molar-refractivity contribution in [3.05, 3.63) is 46.2 Å². The van der Waals surface area contributed by atoms with E-state index in [0.717, 1.165) is 24.2 Å². The second kappa shape index (κ2) is 5.09. The zero-order chi connectivity index (χ0) is 13.2. The molecule has 5 heteroatoms. The number of carbonyl (C=O) groups is 1. The number of aryl methyl sites for hydroxylation is 1. The van der Waals surface area contributed by atoms with Crippen LogP contribution in [0.5, 0.6) is 0 Å². The third kappa shape index (κ3) is 2.81. The van der Waals surface area contributed by atoms with Crippen molar-refractivity contribution in [1.82, 2.24) is 15.3 Å². The molecule has 4 nitrogen and oxygen atoms in total. The molecule has 1 saturated carbocycles. The van der Waals surface area contributed by atoms with Crippen molar-refractivity contribution < 1.29 is 4.79 Å². The van der Waals surface area contributed by atoms with E-state index < -0.39 is 0 Å². The third-order valence-corrected chi connectivity index (χ3v) is 4.04. The predicted octanol–water partition coefficient (Wildman–Crippen LogP) is 2.73. The van der Waals surface area contributed by atoms with E-state index in [9.17, 15) is 4.79 Å². The molecule has 0 unspecified atom stereocenters. The smallest absolute Gasteiger partial charge is 0.263 e. The summed E-state index contributed by atoms with van der Waals surface area (Å²) in [5, 5.41) is 3.09. The molecule has 0 aliphatic heterocycles. The summed E-state index contributed by atoms with van der Waals surface area (Å²) in [6.07, 6.45) is 3.92. The maximum absolute atomic E-state index is 12.1. The summed E-state index contributed by atoms with van der Waals surface area (Å²) in [6.45, 7) is 1.97. The van der Waals surface area contributed by atoms with E-state index in [0.29, 0.717) is 10.8 Å². The van der Waals surface area contributed by atoms with Crippen LogP contribution in [-0.2, 0) is 0 Å². The van der Waals surface area contributed by atoms with E-state index in [2.05, 4.69) is 15.3 Å². The van der Waals surface area contributed by atoms with Crippen LogP contribution < -0.4 is 5.32 Å². The van der Waals surface area contributed by atoms with Gasteiger partial charge in [0, 0.05) is 5.69 Å². The van der Waals surface area contributed by atoms with Crippen LogP contribution in [0.2, 0.25) is 0 Å². The highest BCUT2D eigenvalue weighted by atomic mass is 32.1. The Labute approximate surface area is 115 Å². The van der Waals surface area contributed by atoms with Crippen molar-refractivity contribution in [1.29, 1.82) is 0 Å².